The molecule has 110 valence electrons. The molecule has 3 nitrogen and oxygen atoms in total. The van der Waals surface area contributed by atoms with Crippen molar-refractivity contribution in [1.29, 1.82) is 0 Å². The molecule has 0 fully saturated rings. The van der Waals surface area contributed by atoms with E-state index in [-0.39, 0.29) is 6.61 Å². The third kappa shape index (κ3) is 3.98. The molecule has 2 N–H and O–H groups in total. The van der Waals surface area contributed by atoms with Crippen LogP contribution in [0.5, 0.6) is 0 Å². The molecule has 1 aromatic carbocycles. The molecule has 0 saturated heterocycles. The molecule has 20 heavy (non-hydrogen) atoms. The van der Waals surface area contributed by atoms with Crippen LogP contribution in [0.25, 0.3) is 10.9 Å². The van der Waals surface area contributed by atoms with Gasteiger partial charge >= 0.3 is 6.18 Å². The Balaban J connectivity index is 1.87. The fourth-order valence-electron chi connectivity index (χ4n) is 2.10. The van der Waals surface area contributed by atoms with E-state index in [1.165, 1.54) is 0 Å². The third-order valence-corrected chi connectivity index (χ3v) is 3.02. The van der Waals surface area contributed by atoms with Crippen LogP contribution < -0.4 is 5.73 Å². The van der Waals surface area contributed by atoms with E-state index >= 15 is 0 Å². The quantitative estimate of drug-likeness (QED) is 0.829. The van der Waals surface area contributed by atoms with E-state index in [1.807, 2.05) is 35.0 Å². The molecule has 0 aliphatic rings. The lowest BCUT2D eigenvalue weighted by Gasteiger charge is -2.09. The van der Waals surface area contributed by atoms with Gasteiger partial charge in [-0.2, -0.15) is 13.2 Å². The summed E-state index contributed by atoms with van der Waals surface area (Å²) in [6.07, 6.45) is -1.79. The molecular formula is C14H17F3N2O. The first-order chi connectivity index (χ1) is 9.49. The Morgan fingerprint density at radius 1 is 1.20 bits per heavy atom. The molecule has 1 heterocycles. The average Bonchev–Trinajstić information content (AvgIpc) is 2.79. The highest BCUT2D eigenvalue weighted by Crippen LogP contribution is 2.18. The van der Waals surface area contributed by atoms with Crippen LogP contribution >= 0.6 is 0 Å². The number of nitrogens with two attached hydrogens (primary N) is 1. The Bertz CT molecular complexity index is 563. The summed E-state index contributed by atoms with van der Waals surface area (Å²) in [6.45, 7) is 0.0368. The molecule has 6 heteroatoms. The van der Waals surface area contributed by atoms with Crippen LogP contribution in [0.3, 0.4) is 0 Å². The first-order valence-electron chi connectivity index (χ1n) is 6.42. The van der Waals surface area contributed by atoms with Gasteiger partial charge in [-0.05, 0) is 35.6 Å². The first kappa shape index (κ1) is 14.9. The molecule has 0 radical (unpaired) electrons. The average molecular weight is 286 g/mol. The minimum atomic E-state index is -4.25. The van der Waals surface area contributed by atoms with Crippen LogP contribution in [0.2, 0.25) is 0 Å². The van der Waals surface area contributed by atoms with Gasteiger partial charge in [0.05, 0.1) is 0 Å². The minimum Gasteiger partial charge on any atom is -0.372 e. The lowest BCUT2D eigenvalue weighted by molar-refractivity contribution is -0.174. The lowest BCUT2D eigenvalue weighted by Crippen LogP contribution is -2.17. The predicted molar refractivity (Wildman–Crippen MR) is 71.3 cm³/mol. The fourth-order valence-corrected chi connectivity index (χ4v) is 2.10. The van der Waals surface area contributed by atoms with E-state index in [0.29, 0.717) is 19.5 Å². The number of alkyl halides is 3. The van der Waals surface area contributed by atoms with Gasteiger partial charge in [0, 0.05) is 31.4 Å². The van der Waals surface area contributed by atoms with Crippen LogP contribution in [0.15, 0.2) is 30.5 Å². The number of aromatic nitrogens is 1. The maximum atomic E-state index is 11.9. The monoisotopic (exact) mass is 286 g/mol. The van der Waals surface area contributed by atoms with Crippen LogP contribution in [0.1, 0.15) is 12.0 Å². The number of aryl methyl sites for hydroxylation is 1. The summed E-state index contributed by atoms with van der Waals surface area (Å²) >= 11 is 0. The number of hydrogen-bond donors (Lipinski definition) is 1. The maximum absolute atomic E-state index is 11.9. The van der Waals surface area contributed by atoms with Gasteiger partial charge in [0.25, 0.3) is 0 Å². The maximum Gasteiger partial charge on any atom is 0.411 e. The topological polar surface area (TPSA) is 40.2 Å². The van der Waals surface area contributed by atoms with Gasteiger partial charge in [-0.3, -0.25) is 0 Å². The molecule has 0 aliphatic heterocycles. The van der Waals surface area contributed by atoms with Gasteiger partial charge in [-0.25, -0.2) is 0 Å². The lowest BCUT2D eigenvalue weighted by atomic mass is 10.1. The zero-order valence-corrected chi connectivity index (χ0v) is 11.0. The molecule has 0 aliphatic carbocycles. The van der Waals surface area contributed by atoms with Gasteiger partial charge in [0.15, 0.2) is 0 Å². The van der Waals surface area contributed by atoms with E-state index < -0.39 is 12.8 Å². The second-order valence-corrected chi connectivity index (χ2v) is 4.63. The summed E-state index contributed by atoms with van der Waals surface area (Å²) in [5.74, 6) is 0. The number of rotatable bonds is 6. The summed E-state index contributed by atoms with van der Waals surface area (Å²) in [4.78, 5) is 0. The van der Waals surface area contributed by atoms with Crippen molar-refractivity contribution in [3.05, 3.63) is 36.0 Å². The van der Waals surface area contributed by atoms with E-state index in [9.17, 15) is 13.2 Å². The molecule has 0 bridgehead atoms. The van der Waals surface area contributed by atoms with Gasteiger partial charge in [0.2, 0.25) is 0 Å². The Morgan fingerprint density at radius 3 is 2.70 bits per heavy atom. The molecule has 2 rings (SSSR count). The molecular weight excluding hydrogens is 269 g/mol. The molecule has 0 spiro atoms. The van der Waals surface area contributed by atoms with Crippen LogP contribution in [-0.4, -0.2) is 24.0 Å². The molecule has 0 amide bonds. The zero-order chi connectivity index (χ0) is 14.6. The van der Waals surface area contributed by atoms with E-state index in [0.717, 1.165) is 16.5 Å². The Kier molecular flexibility index (Phi) is 4.67. The minimum absolute atomic E-state index is 0.0973. The second kappa shape index (κ2) is 6.28. The normalized spacial score (nSPS) is 12.2. The summed E-state index contributed by atoms with van der Waals surface area (Å²) in [6, 6.07) is 7.93. The van der Waals surface area contributed by atoms with Gasteiger partial charge in [0.1, 0.15) is 6.61 Å². The van der Waals surface area contributed by atoms with Crippen molar-refractivity contribution in [2.45, 2.75) is 25.7 Å². The highest BCUT2D eigenvalue weighted by atomic mass is 19.4. The van der Waals surface area contributed by atoms with Crippen molar-refractivity contribution < 1.29 is 17.9 Å². The molecule has 0 saturated carbocycles. The standard InChI is InChI=1S/C14H17F3N2O/c15-14(16,17)10-20-7-1-5-19-6-4-12-8-11(9-18)2-3-13(12)19/h2-4,6,8H,1,5,7,9-10,18H2. The first-order valence-corrected chi connectivity index (χ1v) is 6.42. The Labute approximate surface area is 115 Å². The number of benzene rings is 1. The predicted octanol–water partition coefficient (Wildman–Crippen LogP) is 3.07. The highest BCUT2D eigenvalue weighted by Gasteiger charge is 2.27. The van der Waals surface area contributed by atoms with Crippen molar-refractivity contribution >= 4 is 10.9 Å². The van der Waals surface area contributed by atoms with Crippen LogP contribution in [0, 0.1) is 0 Å². The Hall–Kier alpha value is -1.53. The Morgan fingerprint density at radius 2 is 2.00 bits per heavy atom. The smallest absolute Gasteiger partial charge is 0.372 e. The zero-order valence-electron chi connectivity index (χ0n) is 11.0. The number of hydrogen-bond acceptors (Lipinski definition) is 2. The SMILES string of the molecule is NCc1ccc2c(ccn2CCCOCC(F)(F)F)c1. The number of nitrogens with zero attached hydrogens (tertiary/aromatic N) is 1. The highest BCUT2D eigenvalue weighted by molar-refractivity contribution is 5.80. The van der Waals surface area contributed by atoms with Crippen LogP contribution in [-0.2, 0) is 17.8 Å². The second-order valence-electron chi connectivity index (χ2n) is 4.63. The van der Waals surface area contributed by atoms with E-state index in [4.69, 9.17) is 5.73 Å². The van der Waals surface area contributed by atoms with E-state index in [2.05, 4.69) is 4.74 Å². The summed E-state index contributed by atoms with van der Waals surface area (Å²) in [5, 5.41) is 1.09. The number of halogens is 3. The summed E-state index contributed by atoms with van der Waals surface area (Å²) < 4.78 is 42.3. The van der Waals surface area contributed by atoms with Gasteiger partial charge in [-0.15, -0.1) is 0 Å². The van der Waals surface area contributed by atoms with Crippen LogP contribution in [0.4, 0.5) is 13.2 Å². The van der Waals surface area contributed by atoms with Crippen molar-refractivity contribution in [2.75, 3.05) is 13.2 Å². The number of fused-ring (bicyclic) bond motifs is 1. The largest absolute Gasteiger partial charge is 0.411 e. The summed E-state index contributed by atoms with van der Waals surface area (Å²) in [5.41, 5.74) is 7.69. The molecule has 0 unspecified atom stereocenters. The molecule has 1 aromatic heterocycles. The molecule has 2 aromatic rings. The van der Waals surface area contributed by atoms with Crippen molar-refractivity contribution in [2.24, 2.45) is 5.73 Å². The van der Waals surface area contributed by atoms with Crippen molar-refractivity contribution in [3.8, 4) is 0 Å². The third-order valence-electron chi connectivity index (χ3n) is 3.02. The van der Waals surface area contributed by atoms with E-state index in [1.54, 1.807) is 0 Å². The van der Waals surface area contributed by atoms with Crippen molar-refractivity contribution in [3.63, 3.8) is 0 Å². The van der Waals surface area contributed by atoms with Gasteiger partial charge in [-0.1, -0.05) is 6.07 Å². The van der Waals surface area contributed by atoms with Gasteiger partial charge < -0.3 is 15.0 Å². The molecule has 0 atom stereocenters. The van der Waals surface area contributed by atoms with Crippen molar-refractivity contribution in [1.82, 2.24) is 4.57 Å². The number of ether oxygens (including phenoxy) is 1. The summed E-state index contributed by atoms with van der Waals surface area (Å²) in [7, 11) is 0. The fraction of sp³-hybridized carbons (Fsp3) is 0.429.